The highest BCUT2D eigenvalue weighted by Gasteiger charge is 2.18. The number of ether oxygens (including phenoxy) is 1. The molecule has 126 valence electrons. The summed E-state index contributed by atoms with van der Waals surface area (Å²) in [6.45, 7) is -0.490. The maximum absolute atomic E-state index is 13.4. The quantitative estimate of drug-likeness (QED) is 0.839. The predicted molar refractivity (Wildman–Crippen MR) is 81.2 cm³/mol. The highest BCUT2D eigenvalue weighted by molar-refractivity contribution is 7.89. The molecule has 4 nitrogen and oxygen atoms in total. The first-order valence-electron chi connectivity index (χ1n) is 6.68. The van der Waals surface area contributed by atoms with E-state index in [4.69, 9.17) is 4.74 Å². The van der Waals surface area contributed by atoms with Crippen LogP contribution in [0.2, 0.25) is 0 Å². The molecule has 2 aromatic carbocycles. The second-order valence-electron chi connectivity index (χ2n) is 4.47. The summed E-state index contributed by atoms with van der Waals surface area (Å²) in [6, 6.07) is 7.86. The van der Waals surface area contributed by atoms with Gasteiger partial charge in [-0.25, -0.2) is 21.6 Å². The summed E-state index contributed by atoms with van der Waals surface area (Å²) in [5.74, 6) is 2.45. The van der Waals surface area contributed by atoms with Crippen LogP contribution in [0.4, 0.5) is 13.2 Å². The van der Waals surface area contributed by atoms with Gasteiger partial charge >= 0.3 is 0 Å². The molecule has 2 rings (SSSR count). The van der Waals surface area contributed by atoms with Gasteiger partial charge in [0.1, 0.15) is 23.1 Å². The van der Waals surface area contributed by atoms with Crippen LogP contribution in [0.5, 0.6) is 5.75 Å². The van der Waals surface area contributed by atoms with Crippen molar-refractivity contribution in [2.24, 2.45) is 0 Å². The lowest BCUT2D eigenvalue weighted by Gasteiger charge is -2.05. The number of benzene rings is 2. The molecule has 0 amide bonds. The molecule has 24 heavy (non-hydrogen) atoms. The summed E-state index contributed by atoms with van der Waals surface area (Å²) in [5.41, 5.74) is 0. The third-order valence-electron chi connectivity index (χ3n) is 2.79. The molecule has 0 aliphatic carbocycles. The lowest BCUT2D eigenvalue weighted by Crippen LogP contribution is -2.25. The van der Waals surface area contributed by atoms with Crippen LogP contribution in [0.3, 0.4) is 0 Å². The van der Waals surface area contributed by atoms with Gasteiger partial charge in [-0.1, -0.05) is 24.0 Å². The zero-order valence-electron chi connectivity index (χ0n) is 12.2. The topological polar surface area (TPSA) is 55.4 Å². The molecular weight excluding hydrogens is 343 g/mol. The van der Waals surface area contributed by atoms with Gasteiger partial charge in [0, 0.05) is 0 Å². The molecule has 0 fully saturated rings. The monoisotopic (exact) mass is 355 g/mol. The summed E-state index contributed by atoms with van der Waals surface area (Å²) >= 11 is 0. The summed E-state index contributed by atoms with van der Waals surface area (Å²) in [4.78, 5) is -0.799. The maximum atomic E-state index is 13.4. The molecule has 0 saturated heterocycles. The Hall–Kier alpha value is -2.50. The molecule has 0 saturated carbocycles. The van der Waals surface area contributed by atoms with Crippen LogP contribution in [-0.2, 0) is 10.0 Å². The standard InChI is InChI=1S/C16H12F3NO3S/c17-12-7-8-14(19)16(11-12)24(21,22)20-9-3-4-10-23-15-6-2-1-5-13(15)18/h1-2,5-8,11,20H,9-10H2. The molecule has 0 spiro atoms. The van der Waals surface area contributed by atoms with Gasteiger partial charge in [0.2, 0.25) is 10.0 Å². The van der Waals surface area contributed by atoms with E-state index in [0.29, 0.717) is 6.07 Å². The lowest BCUT2D eigenvalue weighted by atomic mass is 10.3. The maximum Gasteiger partial charge on any atom is 0.244 e. The van der Waals surface area contributed by atoms with Crippen LogP contribution in [0.1, 0.15) is 0 Å². The lowest BCUT2D eigenvalue weighted by molar-refractivity contribution is 0.348. The molecule has 0 bridgehead atoms. The van der Waals surface area contributed by atoms with Crippen LogP contribution in [-0.4, -0.2) is 21.6 Å². The van der Waals surface area contributed by atoms with Gasteiger partial charge in [-0.15, -0.1) is 0 Å². The van der Waals surface area contributed by atoms with Crippen molar-refractivity contribution >= 4 is 10.0 Å². The third kappa shape index (κ3) is 4.75. The van der Waals surface area contributed by atoms with Gasteiger partial charge in [-0.05, 0) is 30.3 Å². The summed E-state index contributed by atoms with van der Waals surface area (Å²) in [5, 5.41) is 0. The summed E-state index contributed by atoms with van der Waals surface area (Å²) in [6.07, 6.45) is 0. The van der Waals surface area contributed by atoms with E-state index in [0.717, 1.165) is 12.1 Å². The molecule has 8 heteroatoms. The predicted octanol–water partition coefficient (Wildman–Crippen LogP) is 2.46. The van der Waals surface area contributed by atoms with Crippen molar-refractivity contribution in [2.45, 2.75) is 4.90 Å². The first kappa shape index (κ1) is 17.8. The Balaban J connectivity index is 1.90. The highest BCUT2D eigenvalue weighted by Crippen LogP contribution is 2.15. The van der Waals surface area contributed by atoms with E-state index in [-0.39, 0.29) is 18.9 Å². The molecule has 0 aromatic heterocycles. The average Bonchev–Trinajstić information content (AvgIpc) is 2.54. The van der Waals surface area contributed by atoms with E-state index < -0.39 is 32.4 Å². The number of nitrogens with one attached hydrogen (secondary N) is 1. The van der Waals surface area contributed by atoms with Crippen molar-refractivity contribution in [1.29, 1.82) is 0 Å². The molecule has 0 aliphatic heterocycles. The Bertz CT molecular complexity index is 889. The minimum absolute atomic E-state index is 0.0224. The number of hydrogen-bond acceptors (Lipinski definition) is 3. The van der Waals surface area contributed by atoms with Crippen LogP contribution in [0, 0.1) is 29.3 Å². The van der Waals surface area contributed by atoms with Crippen molar-refractivity contribution in [3.05, 3.63) is 59.9 Å². The van der Waals surface area contributed by atoms with Gasteiger partial charge in [0.15, 0.2) is 11.6 Å². The minimum atomic E-state index is -4.23. The van der Waals surface area contributed by atoms with E-state index in [1.54, 1.807) is 6.07 Å². The Labute approximate surface area is 137 Å². The SMILES string of the molecule is O=S(=O)(NCC#CCOc1ccccc1F)c1cc(F)ccc1F. The van der Waals surface area contributed by atoms with Gasteiger partial charge in [0.05, 0.1) is 6.54 Å². The van der Waals surface area contributed by atoms with Gasteiger partial charge in [-0.3, -0.25) is 0 Å². The minimum Gasteiger partial charge on any atom is -0.478 e. The Kier molecular flexibility index (Phi) is 5.84. The van der Waals surface area contributed by atoms with E-state index in [2.05, 4.69) is 11.8 Å². The molecule has 0 heterocycles. The number of sulfonamides is 1. The molecule has 1 N–H and O–H groups in total. The van der Waals surface area contributed by atoms with Gasteiger partial charge in [0.25, 0.3) is 0 Å². The van der Waals surface area contributed by atoms with Crippen molar-refractivity contribution in [2.75, 3.05) is 13.2 Å². The second kappa shape index (κ2) is 7.86. The van der Waals surface area contributed by atoms with E-state index in [1.807, 2.05) is 4.72 Å². The Morgan fingerprint density at radius 3 is 2.50 bits per heavy atom. The number of para-hydroxylation sites is 1. The zero-order valence-corrected chi connectivity index (χ0v) is 13.0. The molecule has 0 atom stereocenters. The van der Waals surface area contributed by atoms with Crippen LogP contribution < -0.4 is 9.46 Å². The molecular formula is C16H12F3NO3S. The normalized spacial score (nSPS) is 10.8. The fraction of sp³-hybridized carbons (Fsp3) is 0.125. The molecule has 0 aliphatic rings. The first-order valence-corrected chi connectivity index (χ1v) is 8.16. The smallest absolute Gasteiger partial charge is 0.244 e. The highest BCUT2D eigenvalue weighted by atomic mass is 32.2. The Morgan fingerprint density at radius 1 is 1.00 bits per heavy atom. The first-order chi connectivity index (χ1) is 11.4. The molecule has 0 unspecified atom stereocenters. The third-order valence-corrected chi connectivity index (χ3v) is 4.21. The fourth-order valence-electron chi connectivity index (χ4n) is 1.68. The van der Waals surface area contributed by atoms with Crippen molar-refractivity contribution < 1.29 is 26.3 Å². The van der Waals surface area contributed by atoms with Gasteiger partial charge in [-0.2, -0.15) is 4.72 Å². The number of rotatable bonds is 5. The van der Waals surface area contributed by atoms with E-state index in [1.165, 1.54) is 18.2 Å². The van der Waals surface area contributed by atoms with E-state index in [9.17, 15) is 21.6 Å². The van der Waals surface area contributed by atoms with Crippen LogP contribution in [0.15, 0.2) is 47.4 Å². The fourth-order valence-corrected chi connectivity index (χ4v) is 2.69. The molecule has 0 radical (unpaired) electrons. The van der Waals surface area contributed by atoms with Crippen LogP contribution >= 0.6 is 0 Å². The van der Waals surface area contributed by atoms with Crippen LogP contribution in [0.25, 0.3) is 0 Å². The summed E-state index contributed by atoms with van der Waals surface area (Å²) < 4.78 is 70.5. The summed E-state index contributed by atoms with van der Waals surface area (Å²) in [7, 11) is -4.23. The number of halogens is 3. The largest absolute Gasteiger partial charge is 0.478 e. The van der Waals surface area contributed by atoms with Crippen molar-refractivity contribution in [3.63, 3.8) is 0 Å². The van der Waals surface area contributed by atoms with Crippen molar-refractivity contribution in [3.8, 4) is 17.6 Å². The average molecular weight is 355 g/mol. The zero-order chi connectivity index (χ0) is 17.6. The Morgan fingerprint density at radius 2 is 1.75 bits per heavy atom. The number of hydrogen-bond donors (Lipinski definition) is 1. The molecule has 2 aromatic rings. The second-order valence-corrected chi connectivity index (χ2v) is 6.21. The van der Waals surface area contributed by atoms with Crippen molar-refractivity contribution in [1.82, 2.24) is 4.72 Å². The van der Waals surface area contributed by atoms with E-state index >= 15 is 0 Å². The van der Waals surface area contributed by atoms with Gasteiger partial charge < -0.3 is 4.74 Å².